The summed E-state index contributed by atoms with van der Waals surface area (Å²) < 4.78 is 33.2. The summed E-state index contributed by atoms with van der Waals surface area (Å²) in [7, 11) is 0. The van der Waals surface area contributed by atoms with Gasteiger partial charge in [-0.1, -0.05) is 11.6 Å². The molecule has 2 aromatic rings. The molecule has 1 aromatic carbocycles. The maximum absolute atomic E-state index is 14.0. The molecule has 0 bridgehead atoms. The standard InChI is InChI=1S/C15H14ClF2N3O/c16-12-10(17)2-3-11(18)14(12)22-13(9-4-7-19-8-9)15-20-5-1-6-21-15/h1-3,5-6,9,13,19H,4,7-8H2/t9-,13+/m0/s1. The minimum atomic E-state index is -0.727. The number of hydrogen-bond donors (Lipinski definition) is 1. The fourth-order valence-corrected chi connectivity index (χ4v) is 2.69. The lowest BCUT2D eigenvalue weighted by atomic mass is 10.0. The number of nitrogens with zero attached hydrogens (tertiary/aromatic N) is 2. The first kappa shape index (κ1) is 15.1. The van der Waals surface area contributed by atoms with Crippen LogP contribution in [0.5, 0.6) is 5.75 Å². The zero-order valence-electron chi connectivity index (χ0n) is 11.6. The molecule has 0 spiro atoms. The largest absolute Gasteiger partial charge is 0.477 e. The van der Waals surface area contributed by atoms with Crippen LogP contribution in [0.4, 0.5) is 8.78 Å². The van der Waals surface area contributed by atoms with Crippen molar-refractivity contribution < 1.29 is 13.5 Å². The molecule has 0 aliphatic carbocycles. The molecule has 0 unspecified atom stereocenters. The lowest BCUT2D eigenvalue weighted by molar-refractivity contribution is 0.129. The first-order valence-electron chi connectivity index (χ1n) is 6.94. The van der Waals surface area contributed by atoms with E-state index in [0.29, 0.717) is 12.4 Å². The number of halogens is 3. The molecular weight excluding hydrogens is 312 g/mol. The maximum atomic E-state index is 14.0. The van der Waals surface area contributed by atoms with Crippen LogP contribution in [0, 0.1) is 17.6 Å². The van der Waals surface area contributed by atoms with E-state index in [0.717, 1.165) is 25.1 Å². The van der Waals surface area contributed by atoms with E-state index >= 15 is 0 Å². The van der Waals surface area contributed by atoms with E-state index in [-0.39, 0.29) is 16.7 Å². The molecule has 0 amide bonds. The van der Waals surface area contributed by atoms with Crippen LogP contribution in [0.25, 0.3) is 0 Å². The molecule has 0 saturated carbocycles. The second-order valence-corrected chi connectivity index (χ2v) is 5.45. The molecule has 3 rings (SSSR count). The second kappa shape index (κ2) is 6.54. The topological polar surface area (TPSA) is 47.0 Å². The Balaban J connectivity index is 1.95. The van der Waals surface area contributed by atoms with Gasteiger partial charge in [0.05, 0.1) is 0 Å². The Kier molecular flexibility index (Phi) is 4.49. The van der Waals surface area contributed by atoms with Crippen LogP contribution in [0.2, 0.25) is 5.02 Å². The van der Waals surface area contributed by atoms with Crippen molar-refractivity contribution in [1.29, 1.82) is 0 Å². The molecule has 1 aliphatic heterocycles. The van der Waals surface area contributed by atoms with Gasteiger partial charge in [0.15, 0.2) is 23.5 Å². The zero-order valence-corrected chi connectivity index (χ0v) is 12.4. The third-order valence-corrected chi connectivity index (χ3v) is 3.97. The van der Waals surface area contributed by atoms with Crippen molar-refractivity contribution >= 4 is 11.6 Å². The van der Waals surface area contributed by atoms with Gasteiger partial charge in [0.2, 0.25) is 0 Å². The molecule has 1 saturated heterocycles. The smallest absolute Gasteiger partial charge is 0.177 e. The summed E-state index contributed by atoms with van der Waals surface area (Å²) in [5.41, 5.74) is 0. The Morgan fingerprint density at radius 3 is 2.64 bits per heavy atom. The van der Waals surface area contributed by atoms with Crippen LogP contribution in [-0.4, -0.2) is 23.1 Å². The molecule has 22 heavy (non-hydrogen) atoms. The maximum Gasteiger partial charge on any atom is 0.177 e. The van der Waals surface area contributed by atoms with Crippen molar-refractivity contribution in [2.24, 2.45) is 5.92 Å². The summed E-state index contributed by atoms with van der Waals surface area (Å²) >= 11 is 5.84. The fourth-order valence-electron chi connectivity index (χ4n) is 2.50. The zero-order chi connectivity index (χ0) is 15.5. The van der Waals surface area contributed by atoms with E-state index in [1.807, 2.05) is 0 Å². The van der Waals surface area contributed by atoms with Crippen molar-refractivity contribution in [3.05, 3.63) is 53.1 Å². The lowest BCUT2D eigenvalue weighted by Crippen LogP contribution is -2.23. The highest BCUT2D eigenvalue weighted by atomic mass is 35.5. The first-order valence-corrected chi connectivity index (χ1v) is 7.32. The molecule has 0 radical (unpaired) electrons. The third-order valence-electron chi connectivity index (χ3n) is 3.61. The van der Waals surface area contributed by atoms with Crippen LogP contribution in [0.1, 0.15) is 18.3 Å². The summed E-state index contributed by atoms with van der Waals surface area (Å²) in [4.78, 5) is 8.36. The van der Waals surface area contributed by atoms with Crippen LogP contribution >= 0.6 is 11.6 Å². The van der Waals surface area contributed by atoms with Crippen molar-refractivity contribution in [2.45, 2.75) is 12.5 Å². The van der Waals surface area contributed by atoms with E-state index in [1.165, 1.54) is 0 Å². The van der Waals surface area contributed by atoms with Crippen molar-refractivity contribution in [2.75, 3.05) is 13.1 Å². The number of aromatic nitrogens is 2. The average molecular weight is 326 g/mol. The summed E-state index contributed by atoms with van der Waals surface area (Å²) in [6, 6.07) is 3.64. The van der Waals surface area contributed by atoms with Gasteiger partial charge < -0.3 is 10.1 Å². The molecular formula is C15H14ClF2N3O. The molecule has 2 atom stereocenters. The van der Waals surface area contributed by atoms with E-state index < -0.39 is 17.7 Å². The summed E-state index contributed by atoms with van der Waals surface area (Å²) in [5, 5.41) is 2.84. The minimum absolute atomic E-state index is 0.0566. The Morgan fingerprint density at radius 2 is 1.95 bits per heavy atom. The third kappa shape index (κ3) is 3.03. The molecule has 1 N–H and O–H groups in total. The van der Waals surface area contributed by atoms with Gasteiger partial charge in [-0.2, -0.15) is 0 Å². The van der Waals surface area contributed by atoms with Gasteiger partial charge in [0.1, 0.15) is 10.8 Å². The molecule has 1 aromatic heterocycles. The second-order valence-electron chi connectivity index (χ2n) is 5.07. The van der Waals surface area contributed by atoms with Gasteiger partial charge in [0.25, 0.3) is 0 Å². The van der Waals surface area contributed by atoms with Crippen LogP contribution in [0.15, 0.2) is 30.6 Å². The number of hydrogen-bond acceptors (Lipinski definition) is 4. The Hall–Kier alpha value is -1.79. The van der Waals surface area contributed by atoms with E-state index in [2.05, 4.69) is 15.3 Å². The van der Waals surface area contributed by atoms with Gasteiger partial charge in [-0.05, 0) is 31.2 Å². The number of ether oxygens (including phenoxy) is 1. The molecule has 2 heterocycles. The normalized spacial score (nSPS) is 19.1. The Bertz CT molecular complexity index is 651. The van der Waals surface area contributed by atoms with Gasteiger partial charge in [-0.25, -0.2) is 18.7 Å². The van der Waals surface area contributed by atoms with Crippen molar-refractivity contribution in [3.63, 3.8) is 0 Å². The highest BCUT2D eigenvalue weighted by Crippen LogP contribution is 2.36. The Morgan fingerprint density at radius 1 is 1.23 bits per heavy atom. The quantitative estimate of drug-likeness (QED) is 0.877. The number of nitrogens with one attached hydrogen (secondary N) is 1. The predicted molar refractivity (Wildman–Crippen MR) is 77.7 cm³/mol. The van der Waals surface area contributed by atoms with Crippen LogP contribution in [0.3, 0.4) is 0 Å². The summed E-state index contributed by atoms with van der Waals surface area (Å²) in [6.45, 7) is 1.52. The molecule has 1 aliphatic rings. The monoisotopic (exact) mass is 325 g/mol. The van der Waals surface area contributed by atoms with Gasteiger partial charge in [-0.15, -0.1) is 0 Å². The average Bonchev–Trinajstić information content (AvgIpc) is 3.06. The summed E-state index contributed by atoms with van der Waals surface area (Å²) in [6.07, 6.45) is 3.41. The van der Waals surface area contributed by atoms with E-state index in [4.69, 9.17) is 16.3 Å². The predicted octanol–water partition coefficient (Wildman–Crippen LogP) is 3.14. The van der Waals surface area contributed by atoms with Gasteiger partial charge in [-0.3, -0.25) is 0 Å². The van der Waals surface area contributed by atoms with Gasteiger partial charge >= 0.3 is 0 Å². The lowest BCUT2D eigenvalue weighted by Gasteiger charge is -2.23. The molecule has 1 fully saturated rings. The molecule has 116 valence electrons. The fraction of sp³-hybridized carbons (Fsp3) is 0.333. The summed E-state index contributed by atoms with van der Waals surface area (Å²) in [5.74, 6) is -1.25. The molecule has 4 nitrogen and oxygen atoms in total. The van der Waals surface area contributed by atoms with E-state index in [9.17, 15) is 8.78 Å². The SMILES string of the molecule is Fc1ccc(F)c(O[C@@H](c2ncccn2)[C@H]2CCNC2)c1Cl. The molecule has 7 heteroatoms. The van der Waals surface area contributed by atoms with Crippen LogP contribution in [-0.2, 0) is 0 Å². The minimum Gasteiger partial charge on any atom is -0.477 e. The number of rotatable bonds is 4. The highest BCUT2D eigenvalue weighted by Gasteiger charge is 2.31. The van der Waals surface area contributed by atoms with Crippen molar-refractivity contribution in [3.8, 4) is 5.75 Å². The highest BCUT2D eigenvalue weighted by molar-refractivity contribution is 6.32. The van der Waals surface area contributed by atoms with E-state index in [1.54, 1.807) is 18.5 Å². The van der Waals surface area contributed by atoms with Crippen LogP contribution < -0.4 is 10.1 Å². The first-order chi connectivity index (χ1) is 10.7. The Labute approximate surface area is 131 Å². The number of benzene rings is 1. The van der Waals surface area contributed by atoms with Gasteiger partial charge in [0, 0.05) is 24.9 Å². The van der Waals surface area contributed by atoms with Crippen molar-refractivity contribution in [1.82, 2.24) is 15.3 Å².